The second kappa shape index (κ2) is 7.91. The van der Waals surface area contributed by atoms with Crippen molar-refractivity contribution in [2.24, 2.45) is 5.41 Å². The predicted molar refractivity (Wildman–Crippen MR) is 68.7 cm³/mol. The summed E-state index contributed by atoms with van der Waals surface area (Å²) in [7, 11) is 0. The molecule has 1 fully saturated rings. The third-order valence-corrected chi connectivity index (χ3v) is 3.14. The third-order valence-electron chi connectivity index (χ3n) is 2.82. The summed E-state index contributed by atoms with van der Waals surface area (Å²) < 4.78 is 33.8. The molecule has 1 aliphatic heterocycles. The van der Waals surface area contributed by atoms with Gasteiger partial charge in [-0.3, -0.25) is 18.4 Å². The molecule has 1 rings (SSSR count). The molecule has 0 aromatic heterocycles. The summed E-state index contributed by atoms with van der Waals surface area (Å²) >= 11 is -2.37. The molecule has 0 aromatic carbocycles. The molecule has 1 heterocycles. The Kier molecular flexibility index (Phi) is 6.87. The number of hydrogen-bond donors (Lipinski definition) is 1. The first-order valence-electron chi connectivity index (χ1n) is 6.13. The first kappa shape index (κ1) is 16.5. The van der Waals surface area contributed by atoms with Gasteiger partial charge in [0, 0.05) is 19.6 Å². The lowest BCUT2D eigenvalue weighted by molar-refractivity contribution is -0.156. The van der Waals surface area contributed by atoms with Crippen molar-refractivity contribution in [2.75, 3.05) is 46.1 Å². The Morgan fingerprint density at radius 3 is 2.63 bits per heavy atom. The zero-order valence-corrected chi connectivity index (χ0v) is 12.1. The van der Waals surface area contributed by atoms with Gasteiger partial charge in [0.05, 0.1) is 25.2 Å². The molecule has 0 radical (unpaired) electrons. The van der Waals surface area contributed by atoms with Crippen molar-refractivity contribution in [1.82, 2.24) is 4.90 Å². The van der Waals surface area contributed by atoms with Crippen LogP contribution in [-0.4, -0.2) is 65.7 Å². The van der Waals surface area contributed by atoms with Crippen molar-refractivity contribution >= 4 is 17.3 Å². The number of rotatable bonds is 7. The highest BCUT2D eigenvalue weighted by Crippen LogP contribution is 2.18. The van der Waals surface area contributed by atoms with Gasteiger partial charge in [0.25, 0.3) is 0 Å². The maximum Gasteiger partial charge on any atom is 0.313 e. The van der Waals surface area contributed by atoms with Crippen LogP contribution >= 0.6 is 0 Å². The maximum atomic E-state index is 11.8. The van der Waals surface area contributed by atoms with E-state index in [0.29, 0.717) is 26.4 Å². The number of morpholine rings is 1. The predicted octanol–water partition coefficient (Wildman–Crippen LogP) is 0.0413. The quantitative estimate of drug-likeness (QED) is 0.524. The summed E-state index contributed by atoms with van der Waals surface area (Å²) in [6, 6.07) is 0. The van der Waals surface area contributed by atoms with Crippen LogP contribution in [-0.2, 0) is 29.8 Å². The van der Waals surface area contributed by atoms with E-state index in [0.717, 1.165) is 13.1 Å². The lowest BCUT2D eigenvalue weighted by atomic mass is 9.95. The molecule has 0 saturated carbocycles. The van der Waals surface area contributed by atoms with Crippen molar-refractivity contribution in [2.45, 2.75) is 13.8 Å². The zero-order chi connectivity index (χ0) is 14.3. The molecule has 0 aromatic rings. The third kappa shape index (κ3) is 6.44. The summed E-state index contributed by atoms with van der Waals surface area (Å²) in [5, 5.41) is 0. The highest BCUT2D eigenvalue weighted by molar-refractivity contribution is 7.74. The molecule has 1 saturated heterocycles. The van der Waals surface area contributed by atoms with Gasteiger partial charge >= 0.3 is 17.3 Å². The Bertz CT molecular complexity index is 316. The number of esters is 1. The topological polar surface area (TPSA) is 85.3 Å². The first-order valence-corrected chi connectivity index (χ1v) is 7.16. The summed E-state index contributed by atoms with van der Waals surface area (Å²) in [4.78, 5) is 13.9. The summed E-state index contributed by atoms with van der Waals surface area (Å²) in [5.74, 6) is -0.439. The number of carbonyl (C=O) groups is 1. The Balaban J connectivity index is 2.23. The fourth-order valence-electron chi connectivity index (χ4n) is 1.54. The van der Waals surface area contributed by atoms with Gasteiger partial charge in [-0.1, -0.05) is 0 Å². The normalized spacial score (nSPS) is 19.1. The molecule has 8 heteroatoms. The summed E-state index contributed by atoms with van der Waals surface area (Å²) in [6.07, 6.45) is 0. The smallest absolute Gasteiger partial charge is 0.313 e. The van der Waals surface area contributed by atoms with Crippen molar-refractivity contribution in [1.29, 1.82) is 0 Å². The SMILES string of the molecule is CC(C)(COS(=O)O)C(=O)OCCN1CCOCC1. The van der Waals surface area contributed by atoms with Crippen LogP contribution in [0.3, 0.4) is 0 Å². The van der Waals surface area contributed by atoms with Crippen LogP contribution in [0.4, 0.5) is 0 Å². The summed E-state index contributed by atoms with van der Waals surface area (Å²) in [5.41, 5.74) is -0.941. The largest absolute Gasteiger partial charge is 0.464 e. The van der Waals surface area contributed by atoms with Crippen molar-refractivity contribution < 1.29 is 27.2 Å². The van der Waals surface area contributed by atoms with Gasteiger partial charge < -0.3 is 9.47 Å². The average molecular weight is 295 g/mol. The fourth-order valence-corrected chi connectivity index (χ4v) is 1.94. The number of carbonyl (C=O) groups excluding carboxylic acids is 1. The van der Waals surface area contributed by atoms with E-state index < -0.39 is 22.7 Å². The van der Waals surface area contributed by atoms with Crippen LogP contribution in [0.1, 0.15) is 13.8 Å². The molecule has 19 heavy (non-hydrogen) atoms. The molecule has 0 spiro atoms. The molecule has 0 amide bonds. The van der Waals surface area contributed by atoms with E-state index in [-0.39, 0.29) is 6.61 Å². The molecular weight excluding hydrogens is 274 g/mol. The molecule has 1 N–H and O–H groups in total. The van der Waals surface area contributed by atoms with Gasteiger partial charge in [-0.05, 0) is 13.8 Å². The second-order valence-electron chi connectivity index (χ2n) is 4.95. The molecule has 1 atom stereocenters. The lowest BCUT2D eigenvalue weighted by Crippen LogP contribution is -2.39. The molecule has 1 unspecified atom stereocenters. The highest BCUT2D eigenvalue weighted by atomic mass is 32.2. The second-order valence-corrected chi connectivity index (χ2v) is 5.62. The van der Waals surface area contributed by atoms with E-state index in [4.69, 9.17) is 14.0 Å². The minimum atomic E-state index is -2.37. The van der Waals surface area contributed by atoms with Crippen LogP contribution in [0.25, 0.3) is 0 Å². The van der Waals surface area contributed by atoms with Gasteiger partial charge in [0.15, 0.2) is 0 Å². The minimum Gasteiger partial charge on any atom is -0.464 e. The Labute approximate surface area is 115 Å². The van der Waals surface area contributed by atoms with E-state index in [1.54, 1.807) is 13.8 Å². The number of ether oxygens (including phenoxy) is 2. The van der Waals surface area contributed by atoms with E-state index in [1.807, 2.05) is 0 Å². The van der Waals surface area contributed by atoms with Crippen molar-refractivity contribution in [3.63, 3.8) is 0 Å². The van der Waals surface area contributed by atoms with E-state index >= 15 is 0 Å². The average Bonchev–Trinajstić information content (AvgIpc) is 2.37. The Morgan fingerprint density at radius 2 is 2.05 bits per heavy atom. The molecule has 0 bridgehead atoms. The Morgan fingerprint density at radius 1 is 1.42 bits per heavy atom. The van der Waals surface area contributed by atoms with E-state index in [1.165, 1.54) is 0 Å². The highest BCUT2D eigenvalue weighted by Gasteiger charge is 2.30. The first-order chi connectivity index (χ1) is 8.92. The number of nitrogens with zero attached hydrogens (tertiary/aromatic N) is 1. The summed E-state index contributed by atoms with van der Waals surface area (Å²) in [6.45, 7) is 7.11. The zero-order valence-electron chi connectivity index (χ0n) is 11.3. The monoisotopic (exact) mass is 295 g/mol. The maximum absolute atomic E-state index is 11.8. The fraction of sp³-hybridized carbons (Fsp3) is 0.909. The van der Waals surface area contributed by atoms with Crippen LogP contribution in [0.5, 0.6) is 0 Å². The van der Waals surface area contributed by atoms with Gasteiger partial charge in [-0.2, -0.15) is 4.21 Å². The van der Waals surface area contributed by atoms with Crippen LogP contribution in [0, 0.1) is 5.41 Å². The molecule has 1 aliphatic rings. The Hall–Kier alpha value is -0.540. The van der Waals surface area contributed by atoms with Gasteiger partial charge in [-0.25, -0.2) is 0 Å². The standard InChI is InChI=1S/C11H21NO6S/c1-11(2,9-18-19(14)15)10(13)17-8-5-12-3-6-16-7-4-12/h3-9H2,1-2H3,(H,14,15). The van der Waals surface area contributed by atoms with Crippen molar-refractivity contribution in [3.8, 4) is 0 Å². The van der Waals surface area contributed by atoms with Gasteiger partial charge in [0.2, 0.25) is 0 Å². The van der Waals surface area contributed by atoms with Crippen molar-refractivity contribution in [3.05, 3.63) is 0 Å². The van der Waals surface area contributed by atoms with Crippen LogP contribution in [0.2, 0.25) is 0 Å². The van der Waals surface area contributed by atoms with Gasteiger partial charge in [-0.15, -0.1) is 0 Å². The molecule has 0 aliphatic carbocycles. The minimum absolute atomic E-state index is 0.160. The molecule has 7 nitrogen and oxygen atoms in total. The van der Waals surface area contributed by atoms with E-state index in [9.17, 15) is 9.00 Å². The van der Waals surface area contributed by atoms with Crippen LogP contribution < -0.4 is 0 Å². The van der Waals surface area contributed by atoms with Gasteiger partial charge in [0.1, 0.15) is 6.61 Å². The number of hydrogen-bond acceptors (Lipinski definition) is 6. The molecular formula is C11H21NO6S. The lowest BCUT2D eigenvalue weighted by Gasteiger charge is -2.27. The van der Waals surface area contributed by atoms with E-state index in [2.05, 4.69) is 9.08 Å². The molecule has 112 valence electrons. The van der Waals surface area contributed by atoms with Crippen LogP contribution in [0.15, 0.2) is 0 Å².